The molecule has 220 valence electrons. The van der Waals surface area contributed by atoms with E-state index >= 15 is 0 Å². The number of anilines is 1. The number of nitrogens with one attached hydrogen (secondary N) is 1. The van der Waals surface area contributed by atoms with E-state index in [0.29, 0.717) is 30.2 Å². The monoisotopic (exact) mass is 627 g/mol. The van der Waals surface area contributed by atoms with Crippen LogP contribution in [0.25, 0.3) is 0 Å². The first-order valence-corrected chi connectivity index (χ1v) is 14.6. The Balaban J connectivity index is 1.50. The van der Waals surface area contributed by atoms with Crippen LogP contribution in [0.2, 0.25) is 0 Å². The van der Waals surface area contributed by atoms with E-state index in [1.165, 1.54) is 37.4 Å². The molecule has 2 amide bonds. The van der Waals surface area contributed by atoms with Gasteiger partial charge in [0.15, 0.2) is 5.13 Å². The Kier molecular flexibility index (Phi) is 9.09. The minimum atomic E-state index is -1.79. The molecule has 2 aliphatic heterocycles. The van der Waals surface area contributed by atoms with Crippen LogP contribution in [0.15, 0.2) is 21.6 Å². The van der Waals surface area contributed by atoms with Crippen LogP contribution in [-0.4, -0.2) is 109 Å². The van der Waals surface area contributed by atoms with Gasteiger partial charge >= 0.3 is 11.9 Å². The van der Waals surface area contributed by atoms with E-state index < -0.39 is 46.5 Å². The van der Waals surface area contributed by atoms with E-state index in [1.54, 1.807) is 4.68 Å². The Labute approximate surface area is 244 Å². The number of carboxylic acids is 2. The Morgan fingerprint density at radius 3 is 2.71 bits per heavy atom. The zero-order valence-corrected chi connectivity index (χ0v) is 24.0. The van der Waals surface area contributed by atoms with Crippen LogP contribution in [0.3, 0.4) is 0 Å². The zero-order chi connectivity index (χ0) is 29.9. The lowest BCUT2D eigenvalue weighted by molar-refractivity contribution is -0.161. The summed E-state index contributed by atoms with van der Waals surface area (Å²) in [4.78, 5) is 59.9. The highest BCUT2D eigenvalue weighted by atomic mass is 32.2. The molecule has 0 saturated carbocycles. The number of nitrogens with zero attached hydrogens (tertiary/aromatic N) is 8. The number of carboxylic acid groups (broad SMARTS) is 2. The third-order valence-corrected chi connectivity index (χ3v) is 8.66. The molecule has 0 spiro atoms. The summed E-state index contributed by atoms with van der Waals surface area (Å²) >= 11 is 3.27. The summed E-state index contributed by atoms with van der Waals surface area (Å²) < 4.78 is 5.49. The second kappa shape index (κ2) is 12.4. The number of fused-ring (bicyclic) bond motifs is 1. The number of oxime groups is 1. The number of amides is 2. The van der Waals surface area contributed by atoms with Gasteiger partial charge in [0.1, 0.15) is 17.1 Å². The highest BCUT2D eigenvalue weighted by Gasteiger charge is 2.54. The molecule has 0 aliphatic carbocycles. The van der Waals surface area contributed by atoms with Gasteiger partial charge in [-0.15, -0.1) is 16.9 Å². The number of tetrazole rings is 1. The Morgan fingerprint density at radius 1 is 1.32 bits per heavy atom. The number of carbonyl (C=O) groups excluding carboxylic acids is 2. The van der Waals surface area contributed by atoms with Gasteiger partial charge in [0, 0.05) is 29.6 Å². The molecule has 2 aromatic heterocycles. The van der Waals surface area contributed by atoms with Gasteiger partial charge < -0.3 is 31.8 Å². The highest BCUT2D eigenvalue weighted by molar-refractivity contribution is 8.01. The summed E-state index contributed by atoms with van der Waals surface area (Å²) in [5.74, 6) is -3.97. The predicted molar refractivity (Wildman–Crippen MR) is 146 cm³/mol. The number of thioether (sulfide) groups is 2. The highest BCUT2D eigenvalue weighted by Crippen LogP contribution is 2.41. The van der Waals surface area contributed by atoms with Crippen molar-refractivity contribution in [1.29, 1.82) is 0 Å². The summed E-state index contributed by atoms with van der Waals surface area (Å²) in [6, 6.07) is -1.10. The number of hydrogen-bond acceptors (Lipinski definition) is 16. The summed E-state index contributed by atoms with van der Waals surface area (Å²) in [5, 5.41) is 36.7. The maximum atomic E-state index is 13.2. The molecule has 7 N–H and O–H groups in total. The van der Waals surface area contributed by atoms with Crippen molar-refractivity contribution in [2.24, 2.45) is 10.9 Å². The van der Waals surface area contributed by atoms with Crippen molar-refractivity contribution < 1.29 is 34.2 Å². The molecule has 1 fully saturated rings. The van der Waals surface area contributed by atoms with Gasteiger partial charge in [-0.3, -0.25) is 14.5 Å². The first kappa shape index (κ1) is 30.1. The van der Waals surface area contributed by atoms with Gasteiger partial charge in [0.05, 0.1) is 0 Å². The SMILES string of the molecule is CC(C)(O/N=C(/C(=O)NC1C(=O)N2C(C(=O)O)=C(CSc3nnnn3CCCN)CS[C@H]12)c1nsc(N)n1)C(=O)O. The van der Waals surface area contributed by atoms with Crippen LogP contribution in [-0.2, 0) is 30.6 Å². The summed E-state index contributed by atoms with van der Waals surface area (Å²) in [7, 11) is 0. The van der Waals surface area contributed by atoms with Gasteiger partial charge in [-0.25, -0.2) is 14.3 Å². The van der Waals surface area contributed by atoms with Crippen molar-refractivity contribution >= 4 is 69.7 Å². The van der Waals surface area contributed by atoms with Crippen molar-refractivity contribution in [3.63, 3.8) is 0 Å². The maximum Gasteiger partial charge on any atom is 0.352 e. The number of aromatic nitrogens is 6. The number of nitrogen functional groups attached to an aromatic ring is 1. The van der Waals surface area contributed by atoms with E-state index in [1.807, 2.05) is 0 Å². The number of aryl methyl sites for hydroxylation is 1. The molecule has 0 radical (unpaired) electrons. The van der Waals surface area contributed by atoms with Gasteiger partial charge in [-0.2, -0.15) is 9.36 Å². The Morgan fingerprint density at radius 2 is 2.07 bits per heavy atom. The lowest BCUT2D eigenvalue weighted by Gasteiger charge is -2.49. The Hall–Kier alpha value is -3.82. The molecule has 0 aromatic carbocycles. The van der Waals surface area contributed by atoms with E-state index in [-0.39, 0.29) is 28.2 Å². The van der Waals surface area contributed by atoms with Crippen molar-refractivity contribution in [2.75, 3.05) is 23.8 Å². The van der Waals surface area contributed by atoms with Crippen LogP contribution in [0, 0.1) is 0 Å². The first-order valence-electron chi connectivity index (χ1n) is 11.8. The van der Waals surface area contributed by atoms with Crippen molar-refractivity contribution in [3.8, 4) is 0 Å². The zero-order valence-electron chi connectivity index (χ0n) is 21.6. The molecule has 1 saturated heterocycles. The average molecular weight is 628 g/mol. The molecule has 0 bridgehead atoms. The van der Waals surface area contributed by atoms with Gasteiger partial charge in [0.2, 0.25) is 22.3 Å². The molecule has 18 nitrogen and oxygen atoms in total. The second-order valence-corrected chi connectivity index (χ2v) is 11.9. The van der Waals surface area contributed by atoms with Crippen molar-refractivity contribution in [3.05, 3.63) is 17.1 Å². The van der Waals surface area contributed by atoms with Crippen LogP contribution in [0.5, 0.6) is 0 Å². The lowest BCUT2D eigenvalue weighted by atomic mass is 10.0. The standard InChI is InChI=1S/C20H25N11O7S3/c1-20(2,17(36)37)38-26-9(12-24-18(22)41-27-12)13(32)23-10-14(33)31-11(16(34)35)8(6-39-15(10)31)7-40-19-25-28-29-30(19)5-3-4-21/h10,15H,3-7,21H2,1-2H3,(H,23,32)(H,34,35)(H,36,37)(H2,22,24,27)/b26-9+/t10?,15-/m1/s1. The molecule has 2 atom stereocenters. The Bertz CT molecular complexity index is 1420. The number of β-lactam (4-membered cyclic amide) rings is 1. The largest absolute Gasteiger partial charge is 0.478 e. The molecular weight excluding hydrogens is 602 g/mol. The van der Waals surface area contributed by atoms with Crippen molar-refractivity contribution in [1.82, 2.24) is 39.8 Å². The summed E-state index contributed by atoms with van der Waals surface area (Å²) in [6.07, 6.45) is 0.663. The first-order chi connectivity index (χ1) is 19.4. The summed E-state index contributed by atoms with van der Waals surface area (Å²) in [6.45, 7) is 3.41. The minimum Gasteiger partial charge on any atom is -0.478 e. The normalized spacial score (nSPS) is 19.0. The maximum absolute atomic E-state index is 13.2. The molecular formula is C20H25N11O7S3. The number of hydrogen-bond donors (Lipinski definition) is 5. The van der Waals surface area contributed by atoms with E-state index in [4.69, 9.17) is 16.3 Å². The van der Waals surface area contributed by atoms with Crippen LogP contribution in [0.1, 0.15) is 26.1 Å². The van der Waals surface area contributed by atoms with Gasteiger partial charge in [-0.05, 0) is 42.8 Å². The fraction of sp³-hybridized carbons (Fsp3) is 0.500. The molecule has 21 heteroatoms. The molecule has 2 aromatic rings. The molecule has 4 heterocycles. The molecule has 2 aliphatic rings. The summed E-state index contributed by atoms with van der Waals surface area (Å²) in [5.41, 5.74) is 9.18. The minimum absolute atomic E-state index is 0.0155. The second-order valence-electron chi connectivity index (χ2n) is 9.04. The van der Waals surface area contributed by atoms with Gasteiger partial charge in [0.25, 0.3) is 11.8 Å². The third kappa shape index (κ3) is 6.41. The van der Waals surface area contributed by atoms with E-state index in [9.17, 15) is 29.4 Å². The van der Waals surface area contributed by atoms with Gasteiger partial charge in [-0.1, -0.05) is 16.9 Å². The van der Waals surface area contributed by atoms with E-state index in [0.717, 1.165) is 16.4 Å². The molecule has 41 heavy (non-hydrogen) atoms. The number of nitrogens with two attached hydrogens (primary N) is 2. The van der Waals surface area contributed by atoms with Crippen LogP contribution < -0.4 is 16.8 Å². The average Bonchev–Trinajstić information content (AvgIpc) is 3.56. The van der Waals surface area contributed by atoms with Crippen LogP contribution in [0.4, 0.5) is 5.13 Å². The quantitative estimate of drug-likeness (QED) is 0.0737. The topological polar surface area (TPSA) is 267 Å². The van der Waals surface area contributed by atoms with Crippen molar-refractivity contribution in [2.45, 2.75) is 49.0 Å². The fourth-order valence-electron chi connectivity index (χ4n) is 3.55. The number of carbonyl (C=O) groups is 4. The number of aliphatic carboxylic acids is 2. The van der Waals surface area contributed by atoms with Crippen LogP contribution >= 0.6 is 35.1 Å². The predicted octanol–water partition coefficient (Wildman–Crippen LogP) is -1.43. The third-order valence-electron chi connectivity index (χ3n) is 5.73. The fourth-order valence-corrected chi connectivity index (χ4v) is 6.37. The smallest absolute Gasteiger partial charge is 0.352 e. The molecule has 4 rings (SSSR count). The lowest BCUT2D eigenvalue weighted by Crippen LogP contribution is -2.71. The number of rotatable bonds is 13. The molecule has 1 unspecified atom stereocenters. The van der Waals surface area contributed by atoms with E-state index in [2.05, 4.69) is 35.4 Å².